The molecular formula is C14H21N3O3S. The Morgan fingerprint density at radius 2 is 2.14 bits per heavy atom. The highest BCUT2D eigenvalue weighted by molar-refractivity contribution is 7.91. The Hall–Kier alpha value is -1.63. The van der Waals surface area contributed by atoms with Crippen molar-refractivity contribution in [3.8, 4) is 0 Å². The second-order valence-electron chi connectivity index (χ2n) is 5.72. The van der Waals surface area contributed by atoms with Crippen LogP contribution in [-0.2, 0) is 14.6 Å². The Labute approximate surface area is 125 Å². The van der Waals surface area contributed by atoms with Crippen LogP contribution >= 0.6 is 0 Å². The molecular weight excluding hydrogens is 290 g/mol. The average Bonchev–Trinajstić information content (AvgIpc) is 2.79. The van der Waals surface area contributed by atoms with E-state index in [0.29, 0.717) is 17.9 Å². The van der Waals surface area contributed by atoms with Crippen molar-refractivity contribution in [3.05, 3.63) is 18.3 Å². The van der Waals surface area contributed by atoms with Crippen LogP contribution in [0.2, 0.25) is 0 Å². The van der Waals surface area contributed by atoms with Crippen LogP contribution in [0.5, 0.6) is 0 Å². The number of carbonyl (C=O) groups is 1. The van der Waals surface area contributed by atoms with Crippen molar-refractivity contribution in [3.63, 3.8) is 0 Å². The monoisotopic (exact) mass is 311 g/mol. The van der Waals surface area contributed by atoms with Gasteiger partial charge in [-0.15, -0.1) is 0 Å². The van der Waals surface area contributed by atoms with Gasteiger partial charge in [0.05, 0.1) is 23.4 Å². The van der Waals surface area contributed by atoms with E-state index in [1.54, 1.807) is 18.3 Å². The van der Waals surface area contributed by atoms with Crippen molar-refractivity contribution in [2.45, 2.75) is 26.3 Å². The summed E-state index contributed by atoms with van der Waals surface area (Å²) in [6.45, 7) is 3.65. The van der Waals surface area contributed by atoms with Crippen LogP contribution < -0.4 is 10.2 Å². The van der Waals surface area contributed by atoms with E-state index in [1.165, 1.54) is 0 Å². The number of rotatable bonds is 4. The lowest BCUT2D eigenvalue weighted by molar-refractivity contribution is -0.118. The molecule has 1 fully saturated rings. The van der Waals surface area contributed by atoms with Gasteiger partial charge in [-0.05, 0) is 18.6 Å². The van der Waals surface area contributed by atoms with Crippen LogP contribution in [0.25, 0.3) is 0 Å². The maximum atomic E-state index is 11.6. The molecule has 1 atom stereocenters. The summed E-state index contributed by atoms with van der Waals surface area (Å²) in [5, 5.41) is 2.77. The van der Waals surface area contributed by atoms with E-state index in [4.69, 9.17) is 0 Å². The summed E-state index contributed by atoms with van der Waals surface area (Å²) in [5.74, 6) is 0.983. The van der Waals surface area contributed by atoms with E-state index in [9.17, 15) is 13.2 Å². The van der Waals surface area contributed by atoms with Gasteiger partial charge in [-0.2, -0.15) is 0 Å². The van der Waals surface area contributed by atoms with Crippen LogP contribution in [0.3, 0.4) is 0 Å². The summed E-state index contributed by atoms with van der Waals surface area (Å²) in [6.07, 6.45) is 2.22. The summed E-state index contributed by atoms with van der Waals surface area (Å²) < 4.78 is 23.0. The van der Waals surface area contributed by atoms with Crippen molar-refractivity contribution in [2.75, 3.05) is 28.8 Å². The standard InChI is InChI=1S/C14H21N3O3S/c1-10(2)14(18)16-11-4-5-13(15-8-11)17(3)12-6-7-21(19,20)9-12/h4-5,8,10,12H,6-7,9H2,1-3H3,(H,16,18). The number of hydrogen-bond acceptors (Lipinski definition) is 5. The summed E-state index contributed by atoms with van der Waals surface area (Å²) in [7, 11) is -1.06. The lowest BCUT2D eigenvalue weighted by atomic mass is 10.2. The molecule has 2 heterocycles. The molecule has 1 amide bonds. The SMILES string of the molecule is CC(C)C(=O)Nc1ccc(N(C)C2CCS(=O)(=O)C2)nc1. The fourth-order valence-electron chi connectivity index (χ4n) is 2.22. The minimum absolute atomic E-state index is 0.0291. The lowest BCUT2D eigenvalue weighted by Gasteiger charge is -2.24. The quantitative estimate of drug-likeness (QED) is 0.906. The molecule has 1 aromatic rings. The molecule has 2 rings (SSSR count). The van der Waals surface area contributed by atoms with E-state index >= 15 is 0 Å². The molecule has 1 aliphatic heterocycles. The van der Waals surface area contributed by atoms with E-state index in [1.807, 2.05) is 25.8 Å². The molecule has 6 nitrogen and oxygen atoms in total. The Kier molecular flexibility index (Phi) is 4.51. The lowest BCUT2D eigenvalue weighted by Crippen LogP contribution is -2.33. The van der Waals surface area contributed by atoms with Crippen molar-refractivity contribution in [1.29, 1.82) is 0 Å². The molecule has 1 saturated heterocycles. The van der Waals surface area contributed by atoms with Crippen molar-refractivity contribution in [1.82, 2.24) is 4.98 Å². The number of carbonyl (C=O) groups excluding carboxylic acids is 1. The zero-order valence-corrected chi connectivity index (χ0v) is 13.4. The second kappa shape index (κ2) is 6.01. The van der Waals surface area contributed by atoms with Gasteiger partial charge in [-0.3, -0.25) is 4.79 Å². The van der Waals surface area contributed by atoms with Crippen molar-refractivity contribution in [2.24, 2.45) is 5.92 Å². The summed E-state index contributed by atoms with van der Waals surface area (Å²) in [5.41, 5.74) is 0.643. The van der Waals surface area contributed by atoms with Gasteiger partial charge in [0.2, 0.25) is 5.91 Å². The first kappa shape index (κ1) is 15.8. The van der Waals surface area contributed by atoms with Gasteiger partial charge in [-0.1, -0.05) is 13.8 Å². The fourth-order valence-corrected chi connectivity index (χ4v) is 4.00. The number of hydrogen-bond donors (Lipinski definition) is 1. The van der Waals surface area contributed by atoms with E-state index in [0.717, 1.165) is 0 Å². The van der Waals surface area contributed by atoms with Crippen LogP contribution in [0, 0.1) is 5.92 Å². The Bertz CT molecular complexity index is 611. The molecule has 1 aliphatic rings. The van der Waals surface area contributed by atoms with Gasteiger partial charge in [0.25, 0.3) is 0 Å². The maximum absolute atomic E-state index is 11.6. The third-order valence-electron chi connectivity index (χ3n) is 3.66. The van der Waals surface area contributed by atoms with Crippen molar-refractivity contribution >= 4 is 27.2 Å². The van der Waals surface area contributed by atoms with Gasteiger partial charge >= 0.3 is 0 Å². The minimum Gasteiger partial charge on any atom is -0.356 e. The van der Waals surface area contributed by atoms with Crippen LogP contribution in [0.1, 0.15) is 20.3 Å². The van der Waals surface area contributed by atoms with Gasteiger partial charge in [-0.25, -0.2) is 13.4 Å². The topological polar surface area (TPSA) is 79.4 Å². The van der Waals surface area contributed by atoms with Gasteiger partial charge in [0.15, 0.2) is 9.84 Å². The molecule has 1 aromatic heterocycles. The second-order valence-corrected chi connectivity index (χ2v) is 7.95. The summed E-state index contributed by atoms with van der Waals surface area (Å²) in [4.78, 5) is 17.8. The summed E-state index contributed by atoms with van der Waals surface area (Å²) >= 11 is 0. The van der Waals surface area contributed by atoms with Crippen LogP contribution in [0.15, 0.2) is 18.3 Å². The predicted octanol–water partition coefficient (Wildman–Crippen LogP) is 1.30. The van der Waals surface area contributed by atoms with Crippen molar-refractivity contribution < 1.29 is 13.2 Å². The number of anilines is 2. The third kappa shape index (κ3) is 3.93. The molecule has 1 unspecified atom stereocenters. The first-order valence-corrected chi connectivity index (χ1v) is 8.81. The highest BCUT2D eigenvalue weighted by Crippen LogP contribution is 2.22. The number of nitrogens with one attached hydrogen (secondary N) is 1. The van der Waals surface area contributed by atoms with E-state index < -0.39 is 9.84 Å². The molecule has 0 aliphatic carbocycles. The van der Waals surface area contributed by atoms with E-state index in [-0.39, 0.29) is 29.4 Å². The first-order chi connectivity index (χ1) is 9.78. The molecule has 0 spiro atoms. The molecule has 1 N–H and O–H groups in total. The molecule has 0 aromatic carbocycles. The Morgan fingerprint density at radius 1 is 1.43 bits per heavy atom. The largest absolute Gasteiger partial charge is 0.356 e. The Morgan fingerprint density at radius 3 is 2.62 bits per heavy atom. The number of amides is 1. The molecule has 21 heavy (non-hydrogen) atoms. The maximum Gasteiger partial charge on any atom is 0.226 e. The number of sulfone groups is 1. The normalized spacial score (nSPS) is 20.5. The average molecular weight is 311 g/mol. The predicted molar refractivity (Wildman–Crippen MR) is 83.2 cm³/mol. The third-order valence-corrected chi connectivity index (χ3v) is 5.41. The van der Waals surface area contributed by atoms with Gasteiger partial charge in [0, 0.05) is 19.0 Å². The Balaban J connectivity index is 2.03. The smallest absolute Gasteiger partial charge is 0.226 e. The molecule has 0 bridgehead atoms. The fraction of sp³-hybridized carbons (Fsp3) is 0.571. The van der Waals surface area contributed by atoms with E-state index in [2.05, 4.69) is 10.3 Å². The van der Waals surface area contributed by atoms with Gasteiger partial charge < -0.3 is 10.2 Å². The number of aromatic nitrogens is 1. The van der Waals surface area contributed by atoms with Gasteiger partial charge in [0.1, 0.15) is 5.82 Å². The minimum atomic E-state index is -2.91. The van der Waals surface area contributed by atoms with Crippen LogP contribution in [0.4, 0.5) is 11.5 Å². The molecule has 7 heteroatoms. The molecule has 0 radical (unpaired) electrons. The molecule has 0 saturated carbocycles. The zero-order chi connectivity index (χ0) is 15.6. The zero-order valence-electron chi connectivity index (χ0n) is 12.5. The highest BCUT2D eigenvalue weighted by Gasteiger charge is 2.31. The summed E-state index contributed by atoms with van der Waals surface area (Å²) in [6, 6.07) is 3.54. The number of pyridine rings is 1. The first-order valence-electron chi connectivity index (χ1n) is 6.98. The number of nitrogens with zero attached hydrogens (tertiary/aromatic N) is 2. The molecule has 116 valence electrons. The van der Waals surface area contributed by atoms with Crippen LogP contribution in [-0.4, -0.2) is 43.9 Å². The highest BCUT2D eigenvalue weighted by atomic mass is 32.2.